The van der Waals surface area contributed by atoms with E-state index in [-0.39, 0.29) is 11.7 Å². The van der Waals surface area contributed by atoms with E-state index >= 15 is 0 Å². The van der Waals surface area contributed by atoms with Crippen LogP contribution in [0.4, 0.5) is 10.1 Å². The zero-order valence-electron chi connectivity index (χ0n) is 11.3. The Hall–Kier alpha value is -1.52. The van der Waals surface area contributed by atoms with Crippen LogP contribution < -0.4 is 4.90 Å². The van der Waals surface area contributed by atoms with Crippen LogP contribution in [-0.2, 0) is 4.79 Å². The van der Waals surface area contributed by atoms with Gasteiger partial charge in [-0.1, -0.05) is 35.4 Å². The number of aryl methyl sites for hydroxylation is 1. The molecule has 0 saturated carbocycles. The molecule has 1 amide bonds. The van der Waals surface area contributed by atoms with Crippen LogP contribution in [0.5, 0.6) is 0 Å². The number of thioether (sulfide) groups is 1. The lowest BCUT2D eigenvalue weighted by atomic mass is 10.1. The molecule has 2 nitrogen and oxygen atoms in total. The Morgan fingerprint density at radius 2 is 1.95 bits per heavy atom. The molecule has 5 heteroatoms. The number of carbonyl (C=O) groups excluding carboxylic acids is 1. The van der Waals surface area contributed by atoms with E-state index in [1.165, 1.54) is 17.8 Å². The molecule has 0 N–H and O–H groups in total. The first-order valence-electron chi connectivity index (χ1n) is 6.52. The van der Waals surface area contributed by atoms with E-state index in [0.29, 0.717) is 16.3 Å². The topological polar surface area (TPSA) is 20.3 Å². The molecule has 0 unspecified atom stereocenters. The van der Waals surface area contributed by atoms with Crippen molar-refractivity contribution in [1.82, 2.24) is 0 Å². The Labute approximate surface area is 131 Å². The highest BCUT2D eigenvalue weighted by atomic mass is 35.5. The van der Waals surface area contributed by atoms with Crippen molar-refractivity contribution in [3.63, 3.8) is 0 Å². The highest BCUT2D eigenvalue weighted by Crippen LogP contribution is 2.44. The number of hydrogen-bond acceptors (Lipinski definition) is 2. The molecule has 1 aliphatic heterocycles. The minimum atomic E-state index is -0.422. The van der Waals surface area contributed by atoms with Crippen molar-refractivity contribution in [2.24, 2.45) is 0 Å². The van der Waals surface area contributed by atoms with Gasteiger partial charge in [-0.05, 0) is 31.2 Å². The van der Waals surface area contributed by atoms with Crippen molar-refractivity contribution in [2.45, 2.75) is 12.3 Å². The summed E-state index contributed by atoms with van der Waals surface area (Å²) in [5.74, 6) is -0.0941. The van der Waals surface area contributed by atoms with Crippen molar-refractivity contribution in [1.29, 1.82) is 0 Å². The molecule has 1 heterocycles. The fraction of sp³-hybridized carbons (Fsp3) is 0.188. The highest BCUT2D eigenvalue weighted by Gasteiger charge is 2.36. The quantitative estimate of drug-likeness (QED) is 0.807. The van der Waals surface area contributed by atoms with Crippen LogP contribution >= 0.6 is 23.4 Å². The van der Waals surface area contributed by atoms with Gasteiger partial charge in [0.05, 0.1) is 5.75 Å². The fourth-order valence-corrected chi connectivity index (χ4v) is 3.93. The summed E-state index contributed by atoms with van der Waals surface area (Å²) < 4.78 is 14.1. The van der Waals surface area contributed by atoms with E-state index in [4.69, 9.17) is 11.6 Å². The lowest BCUT2D eigenvalue weighted by molar-refractivity contribution is -0.115. The number of anilines is 1. The van der Waals surface area contributed by atoms with Crippen LogP contribution in [0.15, 0.2) is 42.5 Å². The van der Waals surface area contributed by atoms with Gasteiger partial charge >= 0.3 is 0 Å². The molecule has 0 aromatic heterocycles. The largest absolute Gasteiger partial charge is 0.295 e. The van der Waals surface area contributed by atoms with Gasteiger partial charge in [0, 0.05) is 16.3 Å². The lowest BCUT2D eigenvalue weighted by Crippen LogP contribution is -2.28. The average Bonchev–Trinajstić information content (AvgIpc) is 2.82. The van der Waals surface area contributed by atoms with Gasteiger partial charge in [-0.15, -0.1) is 11.8 Å². The predicted molar refractivity (Wildman–Crippen MR) is 85.3 cm³/mol. The van der Waals surface area contributed by atoms with E-state index in [1.54, 1.807) is 17.0 Å². The summed E-state index contributed by atoms with van der Waals surface area (Å²) in [6, 6.07) is 12.2. The molecule has 2 aromatic rings. The van der Waals surface area contributed by atoms with Gasteiger partial charge in [-0.2, -0.15) is 0 Å². The molecule has 0 aliphatic carbocycles. The summed E-state index contributed by atoms with van der Waals surface area (Å²) >= 11 is 7.53. The summed E-state index contributed by atoms with van der Waals surface area (Å²) in [6.45, 7) is 1.98. The van der Waals surface area contributed by atoms with E-state index in [2.05, 4.69) is 0 Å². The summed E-state index contributed by atoms with van der Waals surface area (Å²) in [6.07, 6.45) is 0. The Bertz CT molecular complexity index is 669. The summed E-state index contributed by atoms with van der Waals surface area (Å²) in [5.41, 5.74) is 2.24. The molecule has 21 heavy (non-hydrogen) atoms. The second-order valence-electron chi connectivity index (χ2n) is 4.90. The Balaban J connectivity index is 2.05. The molecule has 0 bridgehead atoms. The lowest BCUT2D eigenvalue weighted by Gasteiger charge is -2.25. The second kappa shape index (κ2) is 5.70. The normalized spacial score (nSPS) is 18.3. The molecule has 0 spiro atoms. The fourth-order valence-electron chi connectivity index (χ4n) is 2.37. The molecule has 0 radical (unpaired) electrons. The van der Waals surface area contributed by atoms with Crippen molar-refractivity contribution in [2.75, 3.05) is 10.7 Å². The van der Waals surface area contributed by atoms with Gasteiger partial charge in [-0.25, -0.2) is 4.39 Å². The number of benzene rings is 2. The predicted octanol–water partition coefficient (Wildman–Crippen LogP) is 4.57. The van der Waals surface area contributed by atoms with Crippen LogP contribution in [0, 0.1) is 12.7 Å². The van der Waals surface area contributed by atoms with Gasteiger partial charge in [0.1, 0.15) is 11.2 Å². The van der Waals surface area contributed by atoms with Gasteiger partial charge in [0.25, 0.3) is 0 Å². The van der Waals surface area contributed by atoms with Crippen LogP contribution in [-0.4, -0.2) is 11.7 Å². The number of amides is 1. The van der Waals surface area contributed by atoms with E-state index in [9.17, 15) is 9.18 Å². The van der Waals surface area contributed by atoms with Crippen molar-refractivity contribution < 1.29 is 9.18 Å². The number of nitrogens with zero attached hydrogens (tertiary/aromatic N) is 1. The maximum absolute atomic E-state index is 14.1. The first kappa shape index (κ1) is 14.4. The minimum Gasteiger partial charge on any atom is -0.295 e. The molecular weight excluding hydrogens is 309 g/mol. The molecule has 1 atom stereocenters. The van der Waals surface area contributed by atoms with Crippen LogP contribution in [0.3, 0.4) is 0 Å². The number of halogens is 2. The molecule has 1 fully saturated rings. The summed E-state index contributed by atoms with van der Waals surface area (Å²) in [4.78, 5) is 13.8. The first-order valence-corrected chi connectivity index (χ1v) is 7.95. The number of rotatable bonds is 2. The molecule has 3 rings (SSSR count). The van der Waals surface area contributed by atoms with E-state index < -0.39 is 5.37 Å². The monoisotopic (exact) mass is 321 g/mol. The van der Waals surface area contributed by atoms with Gasteiger partial charge in [-0.3, -0.25) is 9.69 Å². The third-order valence-corrected chi connectivity index (χ3v) is 4.93. The zero-order valence-corrected chi connectivity index (χ0v) is 12.9. The molecule has 108 valence electrons. The number of hydrogen-bond donors (Lipinski definition) is 0. The van der Waals surface area contributed by atoms with Gasteiger partial charge in [0.15, 0.2) is 0 Å². The first-order chi connectivity index (χ1) is 10.1. The highest BCUT2D eigenvalue weighted by molar-refractivity contribution is 8.00. The third kappa shape index (κ3) is 2.65. The van der Waals surface area contributed by atoms with Crippen LogP contribution in [0.1, 0.15) is 16.5 Å². The van der Waals surface area contributed by atoms with Gasteiger partial charge < -0.3 is 0 Å². The smallest absolute Gasteiger partial charge is 0.238 e. The maximum Gasteiger partial charge on any atom is 0.238 e. The van der Waals surface area contributed by atoms with Gasteiger partial charge in [0.2, 0.25) is 5.91 Å². The Morgan fingerprint density at radius 3 is 2.62 bits per heavy atom. The second-order valence-corrected chi connectivity index (χ2v) is 6.37. The molecule has 1 aliphatic rings. The summed E-state index contributed by atoms with van der Waals surface area (Å²) in [5, 5.41) is -0.0757. The van der Waals surface area contributed by atoms with Crippen molar-refractivity contribution in [3.05, 3.63) is 64.4 Å². The minimum absolute atomic E-state index is 0.0341. The molecule has 1 saturated heterocycles. The molecular formula is C16H13ClFNOS. The summed E-state index contributed by atoms with van der Waals surface area (Å²) in [7, 11) is 0. The number of carbonyl (C=O) groups is 1. The third-order valence-electron chi connectivity index (χ3n) is 3.43. The SMILES string of the molecule is Cc1ccc(N2C(=O)CS[C@@H]2c2c(F)cccc2Cl)cc1. The van der Waals surface area contributed by atoms with Crippen molar-refractivity contribution >= 4 is 35.0 Å². The average molecular weight is 322 g/mol. The maximum atomic E-state index is 14.1. The Morgan fingerprint density at radius 1 is 1.24 bits per heavy atom. The van der Waals surface area contributed by atoms with E-state index in [0.717, 1.165) is 11.3 Å². The van der Waals surface area contributed by atoms with Crippen LogP contribution in [0.25, 0.3) is 0 Å². The van der Waals surface area contributed by atoms with Crippen LogP contribution in [0.2, 0.25) is 5.02 Å². The Kier molecular flexibility index (Phi) is 3.91. The zero-order chi connectivity index (χ0) is 15.0. The standard InChI is InChI=1S/C16H13ClFNOS/c1-10-5-7-11(8-6-10)19-14(20)9-21-16(19)15-12(17)3-2-4-13(15)18/h2-8,16H,9H2,1H3/t16-/m1/s1. The molecule has 2 aromatic carbocycles. The van der Waals surface area contributed by atoms with E-state index in [1.807, 2.05) is 31.2 Å². The van der Waals surface area contributed by atoms with Crippen molar-refractivity contribution in [3.8, 4) is 0 Å².